The Morgan fingerprint density at radius 3 is 2.67 bits per heavy atom. The Labute approximate surface area is 180 Å². The highest BCUT2D eigenvalue weighted by Gasteiger charge is 2.24. The number of aryl methyl sites for hydroxylation is 1. The van der Waals surface area contributed by atoms with E-state index in [1.165, 1.54) is 12.1 Å². The average molecular weight is 428 g/mol. The third kappa shape index (κ3) is 4.55. The van der Waals surface area contributed by atoms with Gasteiger partial charge in [-0.15, -0.1) is 0 Å². The molecule has 1 aliphatic heterocycles. The molecule has 1 amide bonds. The molecule has 0 aliphatic carbocycles. The molecule has 1 aliphatic rings. The molecule has 7 heteroatoms. The van der Waals surface area contributed by atoms with Crippen LogP contribution in [-0.2, 0) is 0 Å². The summed E-state index contributed by atoms with van der Waals surface area (Å²) in [6.07, 6.45) is 0. The number of nitrogens with zero attached hydrogens (tertiary/aromatic N) is 3. The van der Waals surface area contributed by atoms with Gasteiger partial charge >= 0.3 is 0 Å². The lowest BCUT2D eigenvalue weighted by molar-refractivity contribution is 0.0622. The van der Waals surface area contributed by atoms with Crippen LogP contribution < -0.4 is 4.74 Å². The highest BCUT2D eigenvalue weighted by atomic mass is 35.5. The fourth-order valence-electron chi connectivity index (χ4n) is 3.70. The van der Waals surface area contributed by atoms with Gasteiger partial charge in [0.2, 0.25) is 0 Å². The molecule has 0 bridgehead atoms. The van der Waals surface area contributed by atoms with E-state index in [0.29, 0.717) is 52.6 Å². The number of hydrogen-bond acceptors (Lipinski definition) is 4. The van der Waals surface area contributed by atoms with Crippen LogP contribution in [-0.4, -0.2) is 60.0 Å². The van der Waals surface area contributed by atoms with Crippen molar-refractivity contribution in [3.63, 3.8) is 0 Å². The van der Waals surface area contributed by atoms with Crippen LogP contribution in [0.25, 0.3) is 10.9 Å². The number of piperazine rings is 1. The van der Waals surface area contributed by atoms with E-state index in [2.05, 4.69) is 9.88 Å². The molecule has 0 spiro atoms. The van der Waals surface area contributed by atoms with Crippen LogP contribution in [0.3, 0.4) is 0 Å². The first kappa shape index (κ1) is 20.6. The second-order valence-corrected chi connectivity index (χ2v) is 7.79. The van der Waals surface area contributed by atoms with Gasteiger partial charge in [-0.3, -0.25) is 14.7 Å². The number of para-hydroxylation sites is 1. The molecule has 1 saturated heterocycles. The zero-order valence-electron chi connectivity index (χ0n) is 16.8. The molecule has 0 radical (unpaired) electrons. The summed E-state index contributed by atoms with van der Waals surface area (Å²) in [4.78, 5) is 21.6. The number of benzene rings is 2. The van der Waals surface area contributed by atoms with E-state index in [-0.39, 0.29) is 11.7 Å². The van der Waals surface area contributed by atoms with Crippen molar-refractivity contribution in [1.82, 2.24) is 14.8 Å². The first-order valence-corrected chi connectivity index (χ1v) is 10.3. The van der Waals surface area contributed by atoms with Crippen molar-refractivity contribution in [2.75, 3.05) is 39.3 Å². The second-order valence-electron chi connectivity index (χ2n) is 7.39. The molecule has 2 aromatic carbocycles. The molecule has 156 valence electrons. The molecular weight excluding hydrogens is 405 g/mol. The number of amides is 1. The molecule has 1 fully saturated rings. The molecule has 4 rings (SSSR count). The summed E-state index contributed by atoms with van der Waals surface area (Å²) in [7, 11) is 0. The summed E-state index contributed by atoms with van der Waals surface area (Å²) in [6.45, 7) is 5.94. The van der Waals surface area contributed by atoms with Crippen molar-refractivity contribution < 1.29 is 13.9 Å². The monoisotopic (exact) mass is 427 g/mol. The smallest absolute Gasteiger partial charge is 0.254 e. The number of carbonyl (C=O) groups excluding carboxylic acids is 1. The van der Waals surface area contributed by atoms with E-state index in [9.17, 15) is 9.18 Å². The van der Waals surface area contributed by atoms with E-state index >= 15 is 0 Å². The van der Waals surface area contributed by atoms with E-state index in [4.69, 9.17) is 16.3 Å². The third-order valence-electron chi connectivity index (χ3n) is 5.29. The molecule has 0 saturated carbocycles. The molecule has 0 atom stereocenters. The van der Waals surface area contributed by atoms with Crippen LogP contribution in [0.15, 0.2) is 48.5 Å². The topological polar surface area (TPSA) is 45.7 Å². The van der Waals surface area contributed by atoms with Crippen molar-refractivity contribution in [3.8, 4) is 5.75 Å². The Bertz CT molecular complexity index is 1060. The zero-order chi connectivity index (χ0) is 21.1. The quantitative estimate of drug-likeness (QED) is 0.613. The van der Waals surface area contributed by atoms with Crippen LogP contribution in [0, 0.1) is 12.7 Å². The summed E-state index contributed by atoms with van der Waals surface area (Å²) in [5.74, 6) is 0.292. The fraction of sp³-hybridized carbons (Fsp3) is 0.304. The fourth-order valence-corrected chi connectivity index (χ4v) is 3.89. The van der Waals surface area contributed by atoms with Gasteiger partial charge in [-0.05, 0) is 37.3 Å². The van der Waals surface area contributed by atoms with Gasteiger partial charge in [-0.2, -0.15) is 0 Å². The number of halogens is 2. The first-order chi connectivity index (χ1) is 14.5. The Hall–Kier alpha value is -2.70. The van der Waals surface area contributed by atoms with Gasteiger partial charge < -0.3 is 9.64 Å². The highest BCUT2D eigenvalue weighted by Crippen LogP contribution is 2.23. The Morgan fingerprint density at radius 1 is 1.13 bits per heavy atom. The van der Waals surface area contributed by atoms with E-state index in [1.807, 2.05) is 30.0 Å². The van der Waals surface area contributed by atoms with Crippen molar-refractivity contribution in [2.24, 2.45) is 0 Å². The molecule has 5 nitrogen and oxygen atoms in total. The summed E-state index contributed by atoms with van der Waals surface area (Å²) in [6, 6.07) is 13.6. The zero-order valence-corrected chi connectivity index (χ0v) is 17.5. The Morgan fingerprint density at radius 2 is 1.90 bits per heavy atom. The van der Waals surface area contributed by atoms with E-state index in [1.54, 1.807) is 18.2 Å². The average Bonchev–Trinajstić information content (AvgIpc) is 2.74. The summed E-state index contributed by atoms with van der Waals surface area (Å²) in [5, 5.41) is 1.29. The normalized spacial score (nSPS) is 14.8. The van der Waals surface area contributed by atoms with Crippen LogP contribution in [0.2, 0.25) is 5.02 Å². The van der Waals surface area contributed by atoms with Crippen molar-refractivity contribution in [3.05, 3.63) is 70.6 Å². The number of fused-ring (bicyclic) bond motifs is 1. The number of pyridine rings is 1. The maximum Gasteiger partial charge on any atom is 0.254 e. The molecule has 2 heterocycles. The Kier molecular flexibility index (Phi) is 6.16. The molecule has 3 aromatic rings. The minimum atomic E-state index is -0.355. The number of ether oxygens (including phenoxy) is 1. The number of aromatic nitrogens is 1. The SMILES string of the molecule is Cc1cc(C(=O)N2CCN(CCOc3ccccc3Cl)CC2)c2ccc(F)cc2n1. The first-order valence-electron chi connectivity index (χ1n) is 9.97. The Balaban J connectivity index is 1.36. The van der Waals surface area contributed by atoms with Gasteiger partial charge in [-0.25, -0.2) is 4.39 Å². The maximum absolute atomic E-state index is 13.6. The summed E-state index contributed by atoms with van der Waals surface area (Å²) < 4.78 is 19.3. The van der Waals surface area contributed by atoms with Gasteiger partial charge in [0.05, 0.1) is 16.1 Å². The lowest BCUT2D eigenvalue weighted by atomic mass is 10.1. The predicted molar refractivity (Wildman–Crippen MR) is 116 cm³/mol. The van der Waals surface area contributed by atoms with Gasteiger partial charge in [0, 0.05) is 49.9 Å². The van der Waals surface area contributed by atoms with Gasteiger partial charge in [-0.1, -0.05) is 23.7 Å². The van der Waals surface area contributed by atoms with Crippen LogP contribution in [0.5, 0.6) is 5.75 Å². The lowest BCUT2D eigenvalue weighted by Crippen LogP contribution is -2.49. The minimum absolute atomic E-state index is 0.0379. The number of rotatable bonds is 5. The van der Waals surface area contributed by atoms with E-state index in [0.717, 1.165) is 19.6 Å². The predicted octanol–water partition coefficient (Wildman–Crippen LogP) is 4.17. The minimum Gasteiger partial charge on any atom is -0.491 e. The van der Waals surface area contributed by atoms with Crippen molar-refractivity contribution in [2.45, 2.75) is 6.92 Å². The van der Waals surface area contributed by atoms with Crippen LogP contribution >= 0.6 is 11.6 Å². The molecular formula is C23H23ClFN3O2. The van der Waals surface area contributed by atoms with Crippen LogP contribution in [0.4, 0.5) is 4.39 Å². The van der Waals surface area contributed by atoms with Gasteiger partial charge in [0.25, 0.3) is 5.91 Å². The summed E-state index contributed by atoms with van der Waals surface area (Å²) >= 11 is 6.11. The summed E-state index contributed by atoms with van der Waals surface area (Å²) in [5.41, 5.74) is 1.79. The molecule has 1 aromatic heterocycles. The van der Waals surface area contributed by atoms with Crippen LogP contribution in [0.1, 0.15) is 16.1 Å². The van der Waals surface area contributed by atoms with Gasteiger partial charge in [0.15, 0.2) is 0 Å². The third-order valence-corrected chi connectivity index (χ3v) is 5.60. The molecule has 0 unspecified atom stereocenters. The largest absolute Gasteiger partial charge is 0.491 e. The standard InChI is InChI=1S/C23H23ClFN3O2/c1-16-14-19(18-7-6-17(25)15-21(18)26-16)23(29)28-10-8-27(9-11-28)12-13-30-22-5-3-2-4-20(22)24/h2-7,14-15H,8-13H2,1H3. The number of hydrogen-bond donors (Lipinski definition) is 0. The molecule has 30 heavy (non-hydrogen) atoms. The second kappa shape index (κ2) is 8.98. The van der Waals surface area contributed by atoms with E-state index < -0.39 is 0 Å². The molecule has 0 N–H and O–H groups in total. The number of carbonyl (C=O) groups is 1. The van der Waals surface area contributed by atoms with Crippen molar-refractivity contribution >= 4 is 28.4 Å². The maximum atomic E-state index is 13.6. The van der Waals surface area contributed by atoms with Crippen molar-refractivity contribution in [1.29, 1.82) is 0 Å². The highest BCUT2D eigenvalue weighted by molar-refractivity contribution is 6.32. The van der Waals surface area contributed by atoms with Gasteiger partial charge in [0.1, 0.15) is 18.2 Å². The lowest BCUT2D eigenvalue weighted by Gasteiger charge is -2.34.